The molecule has 188 valence electrons. The van der Waals surface area contributed by atoms with Crippen LogP contribution in [-0.4, -0.2) is 75.0 Å². The summed E-state index contributed by atoms with van der Waals surface area (Å²) in [5.74, 6) is 0.246. The standard InChI is InChI=1S/C23H24FN7O3S2/c1-33-23-27-16-6-17(14-4-5-15(24)19-18(14)28-22(25)35-19)31(13-9-34-10-13)36(32)20(16)21(29-23)30-7-11-2-3-12(8-30)26-11/h4-6,11-13,26H,2-3,7-10H2,1H3,(H2,25,28). The molecular weight excluding hydrogens is 505 g/mol. The summed E-state index contributed by atoms with van der Waals surface area (Å²) in [6, 6.07) is 3.90. The maximum atomic E-state index is 14.6. The number of thiazole rings is 1. The molecule has 3 N–H and O–H groups in total. The third-order valence-corrected chi connectivity index (χ3v) is 9.64. The van der Waals surface area contributed by atoms with Crippen molar-refractivity contribution in [2.24, 2.45) is 0 Å². The van der Waals surface area contributed by atoms with Crippen molar-refractivity contribution in [2.45, 2.75) is 35.9 Å². The number of piperazine rings is 1. The monoisotopic (exact) mass is 529 g/mol. The summed E-state index contributed by atoms with van der Waals surface area (Å²) in [7, 11) is -0.111. The first kappa shape index (κ1) is 22.3. The van der Waals surface area contributed by atoms with Crippen LogP contribution >= 0.6 is 11.3 Å². The third kappa shape index (κ3) is 3.40. The van der Waals surface area contributed by atoms with E-state index in [1.165, 1.54) is 13.2 Å². The van der Waals surface area contributed by atoms with E-state index in [0.717, 1.165) is 37.3 Å². The molecule has 4 aliphatic rings. The number of fused-ring (bicyclic) bond motifs is 4. The normalized spacial score (nSPS) is 25.6. The van der Waals surface area contributed by atoms with Crippen LogP contribution in [0.3, 0.4) is 0 Å². The Bertz CT molecular complexity index is 1430. The van der Waals surface area contributed by atoms with Gasteiger partial charge in [0.05, 0.1) is 48.0 Å². The topological polar surface area (TPSA) is 119 Å². The molecule has 36 heavy (non-hydrogen) atoms. The molecule has 1 aromatic carbocycles. The first-order valence-corrected chi connectivity index (χ1v) is 13.7. The lowest BCUT2D eigenvalue weighted by atomic mass is 10.1. The van der Waals surface area contributed by atoms with Crippen LogP contribution in [0.5, 0.6) is 6.01 Å². The van der Waals surface area contributed by atoms with Gasteiger partial charge in [0.1, 0.15) is 10.7 Å². The van der Waals surface area contributed by atoms with E-state index in [9.17, 15) is 8.60 Å². The molecule has 0 spiro atoms. The van der Waals surface area contributed by atoms with Crippen LogP contribution < -0.4 is 20.7 Å². The number of nitrogens with zero attached hydrogens (tertiary/aromatic N) is 5. The Balaban J connectivity index is 1.43. The van der Waals surface area contributed by atoms with E-state index in [4.69, 9.17) is 15.2 Å². The minimum Gasteiger partial charge on any atom is -0.467 e. The summed E-state index contributed by atoms with van der Waals surface area (Å²) in [6.45, 7) is 2.43. The summed E-state index contributed by atoms with van der Waals surface area (Å²) in [4.78, 5) is 16.4. The summed E-state index contributed by atoms with van der Waals surface area (Å²) >= 11 is 1.09. The lowest BCUT2D eigenvalue weighted by Crippen LogP contribution is -2.52. The van der Waals surface area contributed by atoms with Gasteiger partial charge in [0.15, 0.2) is 21.9 Å². The average molecular weight is 530 g/mol. The zero-order valence-corrected chi connectivity index (χ0v) is 21.1. The van der Waals surface area contributed by atoms with Crippen LogP contribution in [0.15, 0.2) is 17.0 Å². The van der Waals surface area contributed by atoms with E-state index in [0.29, 0.717) is 63.2 Å². The number of rotatable bonds is 4. The highest BCUT2D eigenvalue weighted by Gasteiger charge is 2.42. The minimum atomic E-state index is -1.64. The number of hydrogen-bond acceptors (Lipinski definition) is 10. The van der Waals surface area contributed by atoms with Crippen molar-refractivity contribution >= 4 is 55.3 Å². The summed E-state index contributed by atoms with van der Waals surface area (Å²) in [5.41, 5.74) is 8.18. The van der Waals surface area contributed by atoms with E-state index < -0.39 is 11.0 Å². The Labute approximate surface area is 212 Å². The number of nitrogens with one attached hydrogen (secondary N) is 1. The van der Waals surface area contributed by atoms with Gasteiger partial charge in [-0.3, -0.25) is 4.31 Å². The van der Waals surface area contributed by atoms with Crippen molar-refractivity contribution in [2.75, 3.05) is 44.0 Å². The molecule has 3 atom stereocenters. The number of methoxy groups -OCH3 is 1. The molecule has 0 saturated carbocycles. The summed E-state index contributed by atoms with van der Waals surface area (Å²) in [6.07, 6.45) is 4.10. The second-order valence-electron chi connectivity index (χ2n) is 9.41. The van der Waals surface area contributed by atoms with Gasteiger partial charge in [0, 0.05) is 30.7 Å². The highest BCUT2D eigenvalue weighted by molar-refractivity contribution is 7.83. The molecule has 2 aromatic heterocycles. The number of ether oxygens (including phenoxy) is 2. The fourth-order valence-electron chi connectivity index (χ4n) is 5.44. The Morgan fingerprint density at radius 3 is 2.69 bits per heavy atom. The molecule has 3 unspecified atom stereocenters. The molecule has 6 heterocycles. The van der Waals surface area contributed by atoms with Gasteiger partial charge in [-0.25, -0.2) is 13.6 Å². The molecule has 2 bridgehead atoms. The molecule has 7 rings (SSSR count). The second-order valence-corrected chi connectivity index (χ2v) is 11.7. The van der Waals surface area contributed by atoms with Crippen LogP contribution in [0.4, 0.5) is 15.3 Å². The molecule has 10 nitrogen and oxygen atoms in total. The maximum Gasteiger partial charge on any atom is 0.318 e. The van der Waals surface area contributed by atoms with Gasteiger partial charge in [0.2, 0.25) is 0 Å². The zero-order chi connectivity index (χ0) is 24.6. The van der Waals surface area contributed by atoms with Crippen molar-refractivity contribution in [3.8, 4) is 6.01 Å². The molecule has 4 aliphatic heterocycles. The smallest absolute Gasteiger partial charge is 0.318 e. The Hall–Kier alpha value is -2.87. The molecule has 0 aliphatic carbocycles. The van der Waals surface area contributed by atoms with E-state index >= 15 is 0 Å². The second kappa shape index (κ2) is 8.33. The fourth-order valence-corrected chi connectivity index (χ4v) is 7.74. The molecule has 3 fully saturated rings. The fraction of sp³-hybridized carbons (Fsp3) is 0.435. The minimum absolute atomic E-state index is 0.115. The average Bonchev–Trinajstić information content (AvgIpc) is 3.40. The van der Waals surface area contributed by atoms with Crippen LogP contribution in [0, 0.1) is 5.82 Å². The predicted molar refractivity (Wildman–Crippen MR) is 135 cm³/mol. The highest BCUT2D eigenvalue weighted by Crippen LogP contribution is 2.43. The number of hydrogen-bond donors (Lipinski definition) is 2. The highest BCUT2D eigenvalue weighted by atomic mass is 32.2. The van der Waals surface area contributed by atoms with Crippen molar-refractivity contribution < 1.29 is 18.1 Å². The van der Waals surface area contributed by atoms with Gasteiger partial charge < -0.3 is 25.4 Å². The first-order valence-electron chi connectivity index (χ1n) is 11.8. The van der Waals surface area contributed by atoms with Gasteiger partial charge in [-0.2, -0.15) is 9.97 Å². The van der Waals surface area contributed by atoms with Gasteiger partial charge in [-0.15, -0.1) is 0 Å². The van der Waals surface area contributed by atoms with Crippen molar-refractivity contribution in [3.05, 3.63) is 29.2 Å². The molecule has 0 amide bonds. The number of nitrogen functional groups attached to an aromatic ring is 1. The van der Waals surface area contributed by atoms with E-state index in [2.05, 4.69) is 25.2 Å². The number of nitrogens with two attached hydrogens (primary N) is 1. The summed E-state index contributed by atoms with van der Waals surface area (Å²) < 4.78 is 42.0. The van der Waals surface area contributed by atoms with Crippen LogP contribution in [0.1, 0.15) is 24.1 Å². The Kier molecular flexibility index (Phi) is 5.17. The van der Waals surface area contributed by atoms with Crippen LogP contribution in [0.2, 0.25) is 0 Å². The van der Waals surface area contributed by atoms with E-state index in [-0.39, 0.29) is 23.0 Å². The van der Waals surface area contributed by atoms with Gasteiger partial charge >= 0.3 is 6.01 Å². The lowest BCUT2D eigenvalue weighted by Gasteiger charge is -2.42. The zero-order valence-electron chi connectivity index (χ0n) is 19.4. The number of halogens is 1. The van der Waals surface area contributed by atoms with Crippen LogP contribution in [-0.2, 0) is 15.7 Å². The predicted octanol–water partition coefficient (Wildman–Crippen LogP) is 1.99. The van der Waals surface area contributed by atoms with Gasteiger partial charge in [-0.05, 0) is 31.1 Å². The Morgan fingerprint density at radius 2 is 2.00 bits per heavy atom. The Morgan fingerprint density at radius 1 is 1.22 bits per heavy atom. The van der Waals surface area contributed by atoms with Crippen molar-refractivity contribution in [3.63, 3.8) is 0 Å². The first-order chi connectivity index (χ1) is 17.5. The van der Waals surface area contributed by atoms with E-state index in [1.807, 2.05) is 10.4 Å². The van der Waals surface area contributed by atoms with Gasteiger partial charge in [-0.1, -0.05) is 11.3 Å². The SMILES string of the molecule is COc1nc2c(c(N3CC4CCC(C3)N4)n1)S(=O)N(C1COC1)C(c1ccc(F)c3sc(N)nc13)=C2. The van der Waals surface area contributed by atoms with Crippen LogP contribution in [0.25, 0.3) is 22.0 Å². The maximum absolute atomic E-state index is 14.6. The largest absolute Gasteiger partial charge is 0.467 e. The summed E-state index contributed by atoms with van der Waals surface area (Å²) in [5, 5.41) is 3.90. The van der Waals surface area contributed by atoms with E-state index in [1.54, 1.807) is 6.07 Å². The third-order valence-electron chi connectivity index (χ3n) is 7.16. The lowest BCUT2D eigenvalue weighted by molar-refractivity contribution is -0.0218. The molecular formula is C23H24FN7O3S2. The molecule has 13 heteroatoms. The number of anilines is 2. The molecule has 3 saturated heterocycles. The van der Waals surface area contributed by atoms with Gasteiger partial charge in [0.25, 0.3) is 0 Å². The molecule has 0 radical (unpaired) electrons. The molecule has 3 aromatic rings. The van der Waals surface area contributed by atoms with Crippen molar-refractivity contribution in [1.82, 2.24) is 24.6 Å². The van der Waals surface area contributed by atoms with Crippen molar-refractivity contribution in [1.29, 1.82) is 0 Å². The quantitative estimate of drug-likeness (QED) is 0.523. The number of benzene rings is 1. The number of aromatic nitrogens is 3.